The van der Waals surface area contributed by atoms with Crippen LogP contribution >= 0.6 is 0 Å². The third-order valence-corrected chi connectivity index (χ3v) is 5.26. The van der Waals surface area contributed by atoms with Crippen molar-refractivity contribution in [2.45, 2.75) is 83.0 Å². The predicted octanol–water partition coefficient (Wildman–Crippen LogP) is 3.41. The van der Waals surface area contributed by atoms with Crippen LogP contribution in [0.2, 0.25) is 0 Å². The molecule has 1 aliphatic carbocycles. The van der Waals surface area contributed by atoms with Gasteiger partial charge >= 0.3 is 5.97 Å². The molecule has 1 heterocycles. The molecule has 142 valence electrons. The molecule has 1 saturated heterocycles. The molecule has 0 aromatic carbocycles. The summed E-state index contributed by atoms with van der Waals surface area (Å²) in [6, 6.07) is 0. The molecular weight excluding hydrogens is 320 g/mol. The molecule has 2 aliphatic rings. The van der Waals surface area contributed by atoms with Gasteiger partial charge in [-0.15, -0.1) is 0 Å². The van der Waals surface area contributed by atoms with Crippen molar-refractivity contribution < 1.29 is 24.9 Å². The normalized spacial score (nSPS) is 31.4. The van der Waals surface area contributed by atoms with Crippen LogP contribution < -0.4 is 0 Å². The first-order valence-corrected chi connectivity index (χ1v) is 9.63. The smallest absolute Gasteiger partial charge is 0.303 e. The molecule has 0 aromatic heterocycles. The van der Waals surface area contributed by atoms with E-state index in [0.717, 1.165) is 37.9 Å². The van der Waals surface area contributed by atoms with Gasteiger partial charge in [0.05, 0.1) is 18.0 Å². The molecule has 0 bridgehead atoms. The average Bonchev–Trinajstić information content (AvgIpc) is 3.06. The van der Waals surface area contributed by atoms with Crippen LogP contribution in [0.4, 0.5) is 0 Å². The highest BCUT2D eigenvalue weighted by Crippen LogP contribution is 2.45. The van der Waals surface area contributed by atoms with Crippen molar-refractivity contribution in [3.05, 3.63) is 24.0 Å². The first-order chi connectivity index (χ1) is 12.0. The topological polar surface area (TPSA) is 87.0 Å². The first-order valence-electron chi connectivity index (χ1n) is 9.63. The second-order valence-electron chi connectivity index (χ2n) is 7.31. The van der Waals surface area contributed by atoms with Crippen LogP contribution in [-0.2, 0) is 9.53 Å². The maximum absolute atomic E-state index is 10.5. The number of carboxylic acid groups (broad SMARTS) is 1. The summed E-state index contributed by atoms with van der Waals surface area (Å²) in [4.78, 5) is 10.5. The van der Waals surface area contributed by atoms with E-state index < -0.39 is 18.2 Å². The van der Waals surface area contributed by atoms with Gasteiger partial charge in [-0.2, -0.15) is 0 Å². The Morgan fingerprint density at radius 1 is 1.36 bits per heavy atom. The van der Waals surface area contributed by atoms with E-state index in [1.807, 2.05) is 18.2 Å². The van der Waals surface area contributed by atoms with Crippen LogP contribution in [-0.4, -0.2) is 39.6 Å². The van der Waals surface area contributed by atoms with E-state index in [-0.39, 0.29) is 24.4 Å². The van der Waals surface area contributed by atoms with E-state index in [1.165, 1.54) is 0 Å². The Balaban J connectivity index is 1.83. The Labute approximate surface area is 150 Å². The number of ether oxygens (including phenoxy) is 1. The fourth-order valence-electron chi connectivity index (χ4n) is 3.86. The zero-order valence-corrected chi connectivity index (χ0v) is 15.1. The molecule has 2 fully saturated rings. The van der Waals surface area contributed by atoms with Crippen LogP contribution in [0.15, 0.2) is 24.0 Å². The first kappa shape index (κ1) is 20.0. The van der Waals surface area contributed by atoms with Gasteiger partial charge in [0.1, 0.15) is 6.10 Å². The van der Waals surface area contributed by atoms with E-state index in [0.29, 0.717) is 19.3 Å². The van der Waals surface area contributed by atoms with Crippen LogP contribution in [0.5, 0.6) is 0 Å². The summed E-state index contributed by atoms with van der Waals surface area (Å²) < 4.78 is 5.94. The standard InChI is InChI=1S/C20H32O5/c1-2-3-4-7-14(21)10-11-16-17-12-15(8-5-6-9-20(23)24)25-19(17)13-18(16)22/h8,10-11,14,16-19,21-22H,2-7,9,12-13H2,1H3,(H,23,24)/b11-10+,15-8-/t14-,16+,17+,18+,19?/m0/s1. The number of carboxylic acids is 1. The zero-order chi connectivity index (χ0) is 18.2. The third kappa shape index (κ3) is 6.15. The number of carbonyl (C=O) groups is 1. The third-order valence-electron chi connectivity index (χ3n) is 5.26. The molecule has 5 heteroatoms. The van der Waals surface area contributed by atoms with Crippen molar-refractivity contribution in [2.75, 3.05) is 0 Å². The minimum absolute atomic E-state index is 0.0238. The van der Waals surface area contributed by atoms with Crippen molar-refractivity contribution in [1.29, 1.82) is 0 Å². The minimum atomic E-state index is -0.770. The summed E-state index contributed by atoms with van der Waals surface area (Å²) in [5.74, 6) is 0.429. The molecule has 1 saturated carbocycles. The number of hydrogen-bond donors (Lipinski definition) is 3. The fourth-order valence-corrected chi connectivity index (χ4v) is 3.86. The molecule has 5 atom stereocenters. The Kier molecular flexibility index (Phi) is 7.97. The maximum atomic E-state index is 10.5. The quantitative estimate of drug-likeness (QED) is 0.414. The van der Waals surface area contributed by atoms with Crippen molar-refractivity contribution in [3.63, 3.8) is 0 Å². The lowest BCUT2D eigenvalue weighted by molar-refractivity contribution is -0.137. The van der Waals surface area contributed by atoms with Crippen LogP contribution in [0.1, 0.15) is 64.7 Å². The summed E-state index contributed by atoms with van der Waals surface area (Å²) in [7, 11) is 0. The zero-order valence-electron chi connectivity index (χ0n) is 15.1. The van der Waals surface area contributed by atoms with Crippen molar-refractivity contribution in [1.82, 2.24) is 0 Å². The average molecular weight is 352 g/mol. The molecule has 0 amide bonds. The van der Waals surface area contributed by atoms with E-state index in [4.69, 9.17) is 9.84 Å². The molecule has 2 rings (SSSR count). The lowest BCUT2D eigenvalue weighted by Gasteiger charge is -2.16. The number of unbranched alkanes of at least 4 members (excludes halogenated alkanes) is 3. The number of fused-ring (bicyclic) bond motifs is 1. The lowest BCUT2D eigenvalue weighted by Crippen LogP contribution is -2.18. The van der Waals surface area contributed by atoms with E-state index in [2.05, 4.69) is 6.92 Å². The van der Waals surface area contributed by atoms with E-state index in [1.54, 1.807) is 0 Å². The lowest BCUT2D eigenvalue weighted by atomic mass is 9.90. The van der Waals surface area contributed by atoms with Gasteiger partial charge in [0.25, 0.3) is 0 Å². The number of allylic oxidation sites excluding steroid dienone is 2. The van der Waals surface area contributed by atoms with Crippen molar-refractivity contribution >= 4 is 5.97 Å². The molecule has 3 N–H and O–H groups in total. The summed E-state index contributed by atoms with van der Waals surface area (Å²) in [6.45, 7) is 2.14. The Hall–Kier alpha value is -1.33. The van der Waals surface area contributed by atoms with Gasteiger partial charge in [-0.1, -0.05) is 38.3 Å². The van der Waals surface area contributed by atoms with Gasteiger partial charge in [-0.25, -0.2) is 0 Å². The maximum Gasteiger partial charge on any atom is 0.303 e. The van der Waals surface area contributed by atoms with Crippen LogP contribution in [0, 0.1) is 11.8 Å². The molecule has 0 radical (unpaired) electrons. The second kappa shape index (κ2) is 9.97. The Morgan fingerprint density at radius 3 is 2.88 bits per heavy atom. The van der Waals surface area contributed by atoms with Gasteiger partial charge in [0, 0.05) is 31.1 Å². The molecule has 0 aromatic rings. The van der Waals surface area contributed by atoms with Gasteiger partial charge in [-0.05, 0) is 25.3 Å². The summed E-state index contributed by atoms with van der Waals surface area (Å²) in [6.07, 6.45) is 12.0. The molecule has 0 spiro atoms. The SMILES string of the molecule is CCCCC[C@H](O)/C=C/[C@H]1[C@H](O)CC2O/C(=C\CCCC(=O)O)C[C@@H]21. The number of aliphatic carboxylic acids is 1. The minimum Gasteiger partial charge on any atom is -0.495 e. The highest BCUT2D eigenvalue weighted by molar-refractivity contribution is 5.66. The molecule has 1 aliphatic heterocycles. The van der Waals surface area contributed by atoms with Crippen molar-refractivity contribution in [3.8, 4) is 0 Å². The number of aliphatic hydroxyl groups excluding tert-OH is 2. The monoisotopic (exact) mass is 352 g/mol. The summed E-state index contributed by atoms with van der Waals surface area (Å²) >= 11 is 0. The van der Waals surface area contributed by atoms with Crippen LogP contribution in [0.3, 0.4) is 0 Å². The van der Waals surface area contributed by atoms with E-state index >= 15 is 0 Å². The summed E-state index contributed by atoms with van der Waals surface area (Å²) in [5.41, 5.74) is 0. The second-order valence-corrected chi connectivity index (χ2v) is 7.31. The highest BCUT2D eigenvalue weighted by Gasteiger charge is 2.46. The van der Waals surface area contributed by atoms with Crippen LogP contribution in [0.25, 0.3) is 0 Å². The highest BCUT2D eigenvalue weighted by atomic mass is 16.5. The van der Waals surface area contributed by atoms with Gasteiger partial charge in [0.2, 0.25) is 0 Å². The molecule has 25 heavy (non-hydrogen) atoms. The van der Waals surface area contributed by atoms with Gasteiger partial charge in [-0.3, -0.25) is 4.79 Å². The predicted molar refractivity (Wildman–Crippen MR) is 96.0 cm³/mol. The molecule has 5 nitrogen and oxygen atoms in total. The largest absolute Gasteiger partial charge is 0.495 e. The van der Waals surface area contributed by atoms with Gasteiger partial charge in [0.15, 0.2) is 0 Å². The van der Waals surface area contributed by atoms with E-state index in [9.17, 15) is 15.0 Å². The number of rotatable bonds is 10. The fraction of sp³-hybridized carbons (Fsp3) is 0.750. The molecule has 1 unspecified atom stereocenters. The molecular formula is C20H32O5. The van der Waals surface area contributed by atoms with Crippen molar-refractivity contribution in [2.24, 2.45) is 11.8 Å². The Bertz CT molecular complexity index is 484. The number of aliphatic hydroxyl groups is 2. The Morgan fingerprint density at radius 2 is 2.16 bits per heavy atom. The number of hydrogen-bond acceptors (Lipinski definition) is 4. The summed E-state index contributed by atoms with van der Waals surface area (Å²) in [5, 5.41) is 29.0. The van der Waals surface area contributed by atoms with Gasteiger partial charge < -0.3 is 20.1 Å².